The molecule has 0 spiro atoms. The third-order valence-electron chi connectivity index (χ3n) is 3.18. The van der Waals surface area contributed by atoms with Gasteiger partial charge in [-0.05, 0) is 24.3 Å². The summed E-state index contributed by atoms with van der Waals surface area (Å²) in [4.78, 5) is 16.3. The zero-order valence-corrected chi connectivity index (χ0v) is 13.0. The fourth-order valence-corrected chi connectivity index (χ4v) is 2.64. The van der Waals surface area contributed by atoms with Gasteiger partial charge in [-0.3, -0.25) is 4.79 Å². The summed E-state index contributed by atoms with van der Waals surface area (Å²) < 4.78 is 7.11. The molecule has 2 heterocycles. The van der Waals surface area contributed by atoms with Crippen molar-refractivity contribution in [2.45, 2.75) is 13.0 Å². The predicted molar refractivity (Wildman–Crippen MR) is 85.2 cm³/mol. The zero-order valence-electron chi connectivity index (χ0n) is 11.5. The SMILES string of the molecule is O=C(Cc1c(Cl)cccc1Cl)OCc1cn2ccccc2n1. The maximum Gasteiger partial charge on any atom is 0.310 e. The van der Waals surface area contributed by atoms with Crippen molar-refractivity contribution in [1.29, 1.82) is 0 Å². The van der Waals surface area contributed by atoms with E-state index in [1.807, 2.05) is 35.0 Å². The van der Waals surface area contributed by atoms with Crippen LogP contribution in [-0.4, -0.2) is 15.4 Å². The maximum absolute atomic E-state index is 11.9. The van der Waals surface area contributed by atoms with Crippen LogP contribution in [0.25, 0.3) is 5.65 Å². The summed E-state index contributed by atoms with van der Waals surface area (Å²) in [6.45, 7) is 0.114. The highest BCUT2D eigenvalue weighted by Gasteiger charge is 2.12. The number of pyridine rings is 1. The molecule has 0 aliphatic carbocycles. The molecule has 0 unspecified atom stereocenters. The lowest BCUT2D eigenvalue weighted by Crippen LogP contribution is -2.09. The van der Waals surface area contributed by atoms with Crippen molar-refractivity contribution < 1.29 is 9.53 Å². The van der Waals surface area contributed by atoms with Gasteiger partial charge in [0, 0.05) is 28.0 Å². The normalized spacial score (nSPS) is 10.8. The Morgan fingerprint density at radius 2 is 1.91 bits per heavy atom. The zero-order chi connectivity index (χ0) is 15.5. The van der Waals surface area contributed by atoms with Crippen LogP contribution >= 0.6 is 23.2 Å². The summed E-state index contributed by atoms with van der Waals surface area (Å²) in [5.74, 6) is -0.396. The van der Waals surface area contributed by atoms with Gasteiger partial charge in [-0.2, -0.15) is 0 Å². The average Bonchev–Trinajstić information content (AvgIpc) is 2.92. The van der Waals surface area contributed by atoms with E-state index in [0.717, 1.165) is 5.65 Å². The molecule has 3 aromatic rings. The number of ether oxygens (including phenoxy) is 1. The Balaban J connectivity index is 1.65. The Morgan fingerprint density at radius 1 is 1.14 bits per heavy atom. The van der Waals surface area contributed by atoms with Crippen molar-refractivity contribution in [2.24, 2.45) is 0 Å². The molecule has 0 N–H and O–H groups in total. The number of nitrogens with zero attached hydrogens (tertiary/aromatic N) is 2. The molecular weight excluding hydrogens is 323 g/mol. The molecule has 0 atom stereocenters. The number of benzene rings is 1. The number of aromatic nitrogens is 2. The lowest BCUT2D eigenvalue weighted by Gasteiger charge is -2.06. The summed E-state index contributed by atoms with van der Waals surface area (Å²) in [7, 11) is 0. The first-order valence-electron chi connectivity index (χ1n) is 6.64. The van der Waals surface area contributed by atoms with Gasteiger partial charge in [0.05, 0.1) is 12.1 Å². The van der Waals surface area contributed by atoms with Crippen molar-refractivity contribution in [2.75, 3.05) is 0 Å². The fourth-order valence-electron chi connectivity index (χ4n) is 2.11. The Labute approximate surface area is 137 Å². The first-order valence-corrected chi connectivity index (χ1v) is 7.40. The summed E-state index contributed by atoms with van der Waals surface area (Å²) in [6.07, 6.45) is 3.74. The number of imidazole rings is 1. The van der Waals surface area contributed by atoms with Crippen LogP contribution in [0.4, 0.5) is 0 Å². The number of esters is 1. The standard InChI is InChI=1S/C16H12Cl2N2O2/c17-13-4-3-5-14(18)12(13)8-16(21)22-10-11-9-20-7-2-1-6-15(20)19-11/h1-7,9H,8,10H2. The van der Waals surface area contributed by atoms with Gasteiger partial charge >= 0.3 is 5.97 Å². The highest BCUT2D eigenvalue weighted by Crippen LogP contribution is 2.25. The number of hydrogen-bond donors (Lipinski definition) is 0. The molecule has 112 valence electrons. The Kier molecular flexibility index (Phi) is 4.32. The van der Waals surface area contributed by atoms with Crippen LogP contribution in [-0.2, 0) is 22.6 Å². The van der Waals surface area contributed by atoms with Crippen LogP contribution < -0.4 is 0 Å². The summed E-state index contributed by atoms with van der Waals surface area (Å²) >= 11 is 12.1. The minimum Gasteiger partial charge on any atom is -0.459 e. The number of halogens is 2. The molecular formula is C16H12Cl2N2O2. The Morgan fingerprint density at radius 3 is 2.64 bits per heavy atom. The number of fused-ring (bicyclic) bond motifs is 1. The van der Waals surface area contributed by atoms with Gasteiger partial charge in [0.2, 0.25) is 0 Å². The van der Waals surface area contributed by atoms with Crippen molar-refractivity contribution in [3.05, 3.63) is 70.1 Å². The van der Waals surface area contributed by atoms with Gasteiger partial charge in [0.1, 0.15) is 12.3 Å². The topological polar surface area (TPSA) is 43.6 Å². The Hall–Kier alpha value is -2.04. The minimum absolute atomic E-state index is 0.0336. The van der Waals surface area contributed by atoms with Crippen molar-refractivity contribution in [1.82, 2.24) is 9.38 Å². The molecule has 0 bridgehead atoms. The maximum atomic E-state index is 11.9. The average molecular weight is 335 g/mol. The molecule has 0 saturated heterocycles. The van der Waals surface area contributed by atoms with Gasteiger partial charge < -0.3 is 9.14 Å². The van der Waals surface area contributed by atoms with Gasteiger partial charge in [-0.1, -0.05) is 35.3 Å². The second-order valence-corrected chi connectivity index (χ2v) is 5.55. The highest BCUT2D eigenvalue weighted by molar-refractivity contribution is 6.36. The molecule has 1 aromatic carbocycles. The predicted octanol–water partition coefficient (Wildman–Crippen LogP) is 3.93. The quantitative estimate of drug-likeness (QED) is 0.679. The second-order valence-electron chi connectivity index (χ2n) is 4.74. The molecule has 0 aliphatic rings. The van der Waals surface area contributed by atoms with E-state index in [9.17, 15) is 4.79 Å². The number of hydrogen-bond acceptors (Lipinski definition) is 3. The first kappa shape index (κ1) is 14.9. The van der Waals surface area contributed by atoms with Crippen LogP contribution in [0.5, 0.6) is 0 Å². The summed E-state index contributed by atoms with van der Waals surface area (Å²) in [5.41, 5.74) is 2.07. The van der Waals surface area contributed by atoms with Crippen LogP contribution in [0.3, 0.4) is 0 Å². The van der Waals surface area contributed by atoms with E-state index in [0.29, 0.717) is 21.3 Å². The molecule has 0 fully saturated rings. The van der Waals surface area contributed by atoms with Crippen LogP contribution in [0.2, 0.25) is 10.0 Å². The van der Waals surface area contributed by atoms with E-state index in [1.54, 1.807) is 18.2 Å². The van der Waals surface area contributed by atoms with E-state index < -0.39 is 5.97 Å². The lowest BCUT2D eigenvalue weighted by atomic mass is 10.1. The molecule has 0 saturated carbocycles. The fraction of sp³-hybridized carbons (Fsp3) is 0.125. The lowest BCUT2D eigenvalue weighted by molar-refractivity contribution is -0.144. The van der Waals surface area contributed by atoms with Crippen molar-refractivity contribution in [3.63, 3.8) is 0 Å². The number of rotatable bonds is 4. The highest BCUT2D eigenvalue weighted by atomic mass is 35.5. The van der Waals surface area contributed by atoms with E-state index >= 15 is 0 Å². The second kappa shape index (κ2) is 6.38. The molecule has 3 rings (SSSR count). The molecule has 6 heteroatoms. The summed E-state index contributed by atoms with van der Waals surface area (Å²) in [5, 5.41) is 0.911. The summed E-state index contributed by atoms with van der Waals surface area (Å²) in [6, 6.07) is 10.8. The van der Waals surface area contributed by atoms with Crippen LogP contribution in [0.15, 0.2) is 48.8 Å². The number of carbonyl (C=O) groups is 1. The van der Waals surface area contributed by atoms with Gasteiger partial charge in [0.25, 0.3) is 0 Å². The molecule has 0 aliphatic heterocycles. The van der Waals surface area contributed by atoms with E-state index in [4.69, 9.17) is 27.9 Å². The number of carbonyl (C=O) groups excluding carboxylic acids is 1. The Bertz CT molecular complexity index is 777. The molecule has 4 nitrogen and oxygen atoms in total. The van der Waals surface area contributed by atoms with Gasteiger partial charge in [-0.15, -0.1) is 0 Å². The van der Waals surface area contributed by atoms with Crippen molar-refractivity contribution >= 4 is 34.8 Å². The smallest absolute Gasteiger partial charge is 0.310 e. The van der Waals surface area contributed by atoms with Crippen LogP contribution in [0.1, 0.15) is 11.3 Å². The third kappa shape index (κ3) is 3.24. The first-order chi connectivity index (χ1) is 10.6. The van der Waals surface area contributed by atoms with E-state index in [-0.39, 0.29) is 13.0 Å². The molecule has 0 radical (unpaired) electrons. The van der Waals surface area contributed by atoms with Gasteiger partial charge in [0.15, 0.2) is 0 Å². The monoisotopic (exact) mass is 334 g/mol. The molecule has 0 amide bonds. The van der Waals surface area contributed by atoms with Crippen molar-refractivity contribution in [3.8, 4) is 0 Å². The molecule has 2 aromatic heterocycles. The van der Waals surface area contributed by atoms with Crippen LogP contribution in [0, 0.1) is 0 Å². The van der Waals surface area contributed by atoms with Gasteiger partial charge in [-0.25, -0.2) is 4.98 Å². The van der Waals surface area contributed by atoms with E-state index in [1.165, 1.54) is 0 Å². The third-order valence-corrected chi connectivity index (χ3v) is 3.89. The molecule has 22 heavy (non-hydrogen) atoms. The van der Waals surface area contributed by atoms with E-state index in [2.05, 4.69) is 4.98 Å². The minimum atomic E-state index is -0.396. The largest absolute Gasteiger partial charge is 0.459 e.